The molecule has 4 heterocycles. The molecule has 1 aliphatic heterocycles. The monoisotopic (exact) mass is 774 g/mol. The minimum absolute atomic E-state index is 0.00126. The van der Waals surface area contributed by atoms with Crippen LogP contribution in [0.5, 0.6) is 11.5 Å². The summed E-state index contributed by atoms with van der Waals surface area (Å²) in [5.74, 6) is 1.18. The van der Waals surface area contributed by atoms with E-state index >= 15 is 0 Å². The predicted molar refractivity (Wildman–Crippen MR) is 201 cm³/mol. The molecule has 16 nitrogen and oxygen atoms in total. The van der Waals surface area contributed by atoms with Crippen LogP contribution in [0, 0.1) is 0 Å². The van der Waals surface area contributed by atoms with E-state index in [1.807, 2.05) is 11.0 Å². The quantitative estimate of drug-likeness (QED) is 0.107. The van der Waals surface area contributed by atoms with Gasteiger partial charge in [-0.2, -0.15) is 4.98 Å². The van der Waals surface area contributed by atoms with E-state index in [1.165, 1.54) is 26.6 Å². The van der Waals surface area contributed by atoms with Gasteiger partial charge in [0.25, 0.3) is 5.91 Å². The summed E-state index contributed by atoms with van der Waals surface area (Å²) >= 11 is 12.6. The number of anilines is 3. The van der Waals surface area contributed by atoms with E-state index < -0.39 is 17.6 Å². The average molecular weight is 776 g/mol. The zero-order valence-electron chi connectivity index (χ0n) is 29.3. The number of H-pyrrole nitrogens is 1. The molecule has 1 saturated heterocycles. The fraction of sp³-hybridized carbons (Fsp3) is 0.278. The molecule has 1 amide bonds. The molecular weight excluding hydrogens is 739 g/mol. The number of halogens is 2. The third-order valence-electron chi connectivity index (χ3n) is 8.48. The Morgan fingerprint density at radius 1 is 0.889 bits per heavy atom. The molecule has 3 aromatic heterocycles. The van der Waals surface area contributed by atoms with E-state index in [-0.39, 0.29) is 48.5 Å². The van der Waals surface area contributed by atoms with Crippen LogP contribution >= 0.6 is 23.2 Å². The Labute approximate surface area is 319 Å². The average Bonchev–Trinajstić information content (AvgIpc) is 3.66. The lowest BCUT2D eigenvalue weighted by Crippen LogP contribution is -2.36. The standard InChI is InChI=1S/C36H36Cl2N10O6/c1-52-28-8-6-21(13-26(28)37)15-41-31-24(33(49)43-19-30-39-10-4-11-40-30)17-44-35(46-31)48-12-3-5-23(48)20-54-34(50)25-18-45-36(51)47-32(25)42-16-22-7-9-29(53-2)27(38)14-22/h4,6-11,13-14,17-18,23H,3,5,12,15-16,19-20H2,1-2H3,(H,43,49)(H,41,44,46)(H2,42,45,47,51)/t23-/m0/s1. The molecule has 0 radical (unpaired) electrons. The summed E-state index contributed by atoms with van der Waals surface area (Å²) in [6.45, 7) is 1.23. The minimum Gasteiger partial charge on any atom is -0.495 e. The topological polar surface area (TPSA) is 198 Å². The SMILES string of the molecule is COc1ccc(CNc2nc(N3CCC[C@H]3COC(=O)c3cnc(=O)[nH]c3NCc3ccc(OC)c(Cl)c3)ncc2C(=O)NCc2ncccn2)cc1Cl. The van der Waals surface area contributed by atoms with Gasteiger partial charge in [-0.3, -0.25) is 9.78 Å². The molecule has 0 saturated carbocycles. The van der Waals surface area contributed by atoms with Crippen LogP contribution in [0.3, 0.4) is 0 Å². The minimum atomic E-state index is -0.684. The third-order valence-corrected chi connectivity index (χ3v) is 9.07. The summed E-state index contributed by atoms with van der Waals surface area (Å²) < 4.78 is 16.2. The Balaban J connectivity index is 1.16. The van der Waals surface area contributed by atoms with Crippen molar-refractivity contribution in [3.05, 3.63) is 116 Å². The van der Waals surface area contributed by atoms with Crippen molar-refractivity contribution in [1.82, 2.24) is 35.2 Å². The number of amides is 1. The molecule has 5 aromatic rings. The summed E-state index contributed by atoms with van der Waals surface area (Å²) in [6, 6.07) is 12.0. The Bertz CT molecular complexity index is 2170. The number of methoxy groups -OCH3 is 2. The highest BCUT2D eigenvalue weighted by atomic mass is 35.5. The molecular formula is C36H36Cl2N10O6. The van der Waals surface area contributed by atoms with Crippen LogP contribution in [-0.4, -0.2) is 75.2 Å². The Kier molecular flexibility index (Phi) is 12.4. The van der Waals surface area contributed by atoms with Crippen molar-refractivity contribution in [2.45, 2.75) is 38.5 Å². The number of nitrogens with one attached hydrogen (secondary N) is 4. The molecule has 54 heavy (non-hydrogen) atoms. The van der Waals surface area contributed by atoms with Gasteiger partial charge in [-0.25, -0.2) is 29.5 Å². The number of carbonyl (C=O) groups is 2. The highest BCUT2D eigenvalue weighted by Crippen LogP contribution is 2.29. The van der Waals surface area contributed by atoms with Crippen LogP contribution < -0.4 is 36.0 Å². The number of ether oxygens (including phenoxy) is 3. The first-order valence-electron chi connectivity index (χ1n) is 16.8. The second-order valence-electron chi connectivity index (χ2n) is 12.0. The molecule has 0 spiro atoms. The van der Waals surface area contributed by atoms with Crippen molar-refractivity contribution < 1.29 is 23.8 Å². The van der Waals surface area contributed by atoms with Crippen molar-refractivity contribution in [3.8, 4) is 11.5 Å². The maximum Gasteiger partial charge on any atom is 0.346 e. The van der Waals surface area contributed by atoms with Crippen molar-refractivity contribution in [3.63, 3.8) is 0 Å². The number of aromatic amines is 1. The van der Waals surface area contributed by atoms with Gasteiger partial charge in [0.05, 0.1) is 43.0 Å². The molecule has 0 unspecified atom stereocenters. The van der Waals surface area contributed by atoms with E-state index in [0.717, 1.165) is 17.5 Å². The number of nitrogens with zero attached hydrogens (tertiary/aromatic N) is 6. The molecule has 0 aliphatic carbocycles. The number of rotatable bonds is 15. The number of carbonyl (C=O) groups excluding carboxylic acids is 2. The lowest BCUT2D eigenvalue weighted by Gasteiger charge is -2.25. The largest absolute Gasteiger partial charge is 0.495 e. The summed E-state index contributed by atoms with van der Waals surface area (Å²) in [6.07, 6.45) is 7.29. The normalized spacial score (nSPS) is 13.6. The smallest absolute Gasteiger partial charge is 0.346 e. The number of aromatic nitrogens is 6. The molecule has 6 rings (SSSR count). The van der Waals surface area contributed by atoms with Crippen LogP contribution in [0.4, 0.5) is 17.6 Å². The Hall–Kier alpha value is -6.00. The van der Waals surface area contributed by atoms with Gasteiger partial charge in [-0.05, 0) is 54.3 Å². The van der Waals surface area contributed by atoms with E-state index in [0.29, 0.717) is 52.8 Å². The van der Waals surface area contributed by atoms with Crippen LogP contribution in [-0.2, 0) is 24.4 Å². The molecule has 4 N–H and O–H groups in total. The van der Waals surface area contributed by atoms with E-state index in [2.05, 4.69) is 40.9 Å². The van der Waals surface area contributed by atoms with Crippen LogP contribution in [0.15, 0.2) is 72.0 Å². The zero-order valence-corrected chi connectivity index (χ0v) is 30.8. The number of esters is 1. The van der Waals surface area contributed by atoms with E-state index in [9.17, 15) is 14.4 Å². The first-order valence-corrected chi connectivity index (χ1v) is 17.5. The first-order chi connectivity index (χ1) is 26.2. The van der Waals surface area contributed by atoms with Crippen molar-refractivity contribution in [1.29, 1.82) is 0 Å². The van der Waals surface area contributed by atoms with Gasteiger partial charge in [0.1, 0.15) is 46.7 Å². The molecule has 1 aliphatic rings. The first kappa shape index (κ1) is 37.7. The van der Waals surface area contributed by atoms with E-state index in [1.54, 1.807) is 48.8 Å². The number of benzene rings is 2. The van der Waals surface area contributed by atoms with Crippen molar-refractivity contribution in [2.24, 2.45) is 0 Å². The summed E-state index contributed by atoms with van der Waals surface area (Å²) in [7, 11) is 3.06. The summed E-state index contributed by atoms with van der Waals surface area (Å²) in [5, 5.41) is 10.0. The van der Waals surface area contributed by atoms with Crippen LogP contribution in [0.25, 0.3) is 0 Å². The Morgan fingerprint density at radius 3 is 2.22 bits per heavy atom. The Morgan fingerprint density at radius 2 is 1.56 bits per heavy atom. The van der Waals surface area contributed by atoms with Crippen molar-refractivity contribution >= 4 is 52.7 Å². The van der Waals surface area contributed by atoms with Gasteiger partial charge in [-0.1, -0.05) is 35.3 Å². The van der Waals surface area contributed by atoms with E-state index in [4.69, 9.17) is 42.4 Å². The lowest BCUT2D eigenvalue weighted by molar-refractivity contribution is 0.0482. The van der Waals surface area contributed by atoms with Gasteiger partial charge >= 0.3 is 11.7 Å². The molecule has 1 fully saturated rings. The molecule has 2 aromatic carbocycles. The lowest BCUT2D eigenvalue weighted by atomic mass is 10.2. The second-order valence-corrected chi connectivity index (χ2v) is 12.8. The fourth-order valence-corrected chi connectivity index (χ4v) is 6.27. The third kappa shape index (κ3) is 9.31. The zero-order chi connectivity index (χ0) is 38.0. The molecule has 1 atom stereocenters. The van der Waals surface area contributed by atoms with Crippen LogP contribution in [0.1, 0.15) is 50.5 Å². The molecule has 280 valence electrons. The maximum atomic E-state index is 13.4. The number of hydrogen-bond donors (Lipinski definition) is 4. The predicted octanol–water partition coefficient (Wildman–Crippen LogP) is 4.65. The summed E-state index contributed by atoms with van der Waals surface area (Å²) in [4.78, 5) is 64.7. The molecule has 18 heteroatoms. The van der Waals surface area contributed by atoms with Gasteiger partial charge in [0.15, 0.2) is 0 Å². The van der Waals surface area contributed by atoms with Gasteiger partial charge < -0.3 is 35.1 Å². The number of hydrogen-bond acceptors (Lipinski definition) is 14. The maximum absolute atomic E-state index is 13.4. The van der Waals surface area contributed by atoms with Gasteiger partial charge in [-0.15, -0.1) is 0 Å². The van der Waals surface area contributed by atoms with Gasteiger partial charge in [0, 0.05) is 38.2 Å². The van der Waals surface area contributed by atoms with Crippen molar-refractivity contribution in [2.75, 3.05) is 42.9 Å². The highest BCUT2D eigenvalue weighted by molar-refractivity contribution is 6.32. The molecule has 0 bridgehead atoms. The summed E-state index contributed by atoms with van der Waals surface area (Å²) in [5.41, 5.74) is 1.24. The highest BCUT2D eigenvalue weighted by Gasteiger charge is 2.30. The van der Waals surface area contributed by atoms with Gasteiger partial charge in [0.2, 0.25) is 5.95 Å². The van der Waals surface area contributed by atoms with Crippen LogP contribution in [0.2, 0.25) is 10.0 Å². The fourth-order valence-electron chi connectivity index (χ4n) is 5.71. The second kappa shape index (κ2) is 17.7.